The van der Waals surface area contributed by atoms with Crippen LogP contribution in [0.4, 0.5) is 0 Å². The second-order valence-electron chi connectivity index (χ2n) is 4.31. The summed E-state index contributed by atoms with van der Waals surface area (Å²) in [5, 5.41) is 12.2. The van der Waals surface area contributed by atoms with Crippen molar-refractivity contribution in [1.29, 1.82) is 0 Å². The fraction of sp³-hybridized carbons (Fsp3) is 0.462. The summed E-state index contributed by atoms with van der Waals surface area (Å²) >= 11 is 0. The van der Waals surface area contributed by atoms with Crippen molar-refractivity contribution in [3.63, 3.8) is 0 Å². The van der Waals surface area contributed by atoms with E-state index in [1.165, 1.54) is 0 Å². The number of nitrogens with zero attached hydrogens (tertiary/aromatic N) is 4. The molecule has 102 valence electrons. The molecule has 0 unspecified atom stereocenters. The van der Waals surface area contributed by atoms with Gasteiger partial charge in [0.1, 0.15) is 5.75 Å². The first-order valence-electron chi connectivity index (χ1n) is 6.45. The van der Waals surface area contributed by atoms with Gasteiger partial charge in [-0.2, -0.15) is 4.80 Å². The molecule has 0 aliphatic heterocycles. The minimum atomic E-state index is 0.549. The van der Waals surface area contributed by atoms with Crippen molar-refractivity contribution in [1.82, 2.24) is 20.2 Å². The minimum Gasteiger partial charge on any atom is -0.493 e. The lowest BCUT2D eigenvalue weighted by Gasteiger charge is -2.06. The van der Waals surface area contributed by atoms with Crippen LogP contribution < -0.4 is 10.5 Å². The summed E-state index contributed by atoms with van der Waals surface area (Å²) in [6.45, 7) is 3.92. The molecule has 19 heavy (non-hydrogen) atoms. The summed E-state index contributed by atoms with van der Waals surface area (Å²) in [5.74, 6) is 1.60. The van der Waals surface area contributed by atoms with Crippen molar-refractivity contribution >= 4 is 0 Å². The normalized spacial score (nSPS) is 10.6. The number of ether oxygens (including phenoxy) is 1. The van der Waals surface area contributed by atoms with Crippen LogP contribution in [0.2, 0.25) is 0 Å². The van der Waals surface area contributed by atoms with Crippen LogP contribution in [0.25, 0.3) is 0 Å². The number of benzene rings is 1. The van der Waals surface area contributed by atoms with E-state index >= 15 is 0 Å². The highest BCUT2D eigenvalue weighted by Gasteiger charge is 2.04. The molecular formula is C13H19N5O. The molecule has 0 bridgehead atoms. The smallest absolute Gasteiger partial charge is 0.178 e. The summed E-state index contributed by atoms with van der Waals surface area (Å²) < 4.78 is 5.69. The SMILES string of the molecule is Cc1ccccc1OCCc1nnn(CCCN)n1. The average Bonchev–Trinajstić information content (AvgIpc) is 2.86. The quantitative estimate of drug-likeness (QED) is 0.803. The molecule has 1 aromatic carbocycles. The van der Waals surface area contributed by atoms with E-state index in [4.69, 9.17) is 10.5 Å². The third-order valence-corrected chi connectivity index (χ3v) is 2.73. The van der Waals surface area contributed by atoms with Crippen LogP contribution in [0.15, 0.2) is 24.3 Å². The standard InChI is InChI=1S/C13H19N5O/c1-11-5-2-3-6-12(11)19-10-7-13-15-17-18(16-13)9-4-8-14/h2-3,5-6H,4,7-10,14H2,1H3. The van der Waals surface area contributed by atoms with Gasteiger partial charge in [0.2, 0.25) is 0 Å². The van der Waals surface area contributed by atoms with Crippen LogP contribution >= 0.6 is 0 Å². The van der Waals surface area contributed by atoms with Gasteiger partial charge in [0.15, 0.2) is 5.82 Å². The molecule has 0 radical (unpaired) electrons. The number of aromatic nitrogens is 4. The Kier molecular flexibility index (Phi) is 4.85. The Morgan fingerprint density at radius 1 is 1.32 bits per heavy atom. The summed E-state index contributed by atoms with van der Waals surface area (Å²) in [7, 11) is 0. The molecule has 0 aliphatic rings. The molecule has 2 aromatic rings. The Bertz CT molecular complexity index is 511. The van der Waals surface area contributed by atoms with Crippen LogP contribution in [0, 0.1) is 6.92 Å². The number of rotatable bonds is 7. The van der Waals surface area contributed by atoms with Crippen molar-refractivity contribution in [3.05, 3.63) is 35.7 Å². The van der Waals surface area contributed by atoms with E-state index in [-0.39, 0.29) is 0 Å². The largest absolute Gasteiger partial charge is 0.493 e. The van der Waals surface area contributed by atoms with Crippen molar-refractivity contribution in [2.24, 2.45) is 5.73 Å². The van der Waals surface area contributed by atoms with Crippen LogP contribution in [-0.2, 0) is 13.0 Å². The molecule has 0 fully saturated rings. The van der Waals surface area contributed by atoms with Crippen LogP contribution in [0.5, 0.6) is 5.75 Å². The molecule has 6 nitrogen and oxygen atoms in total. The van der Waals surface area contributed by atoms with Gasteiger partial charge < -0.3 is 10.5 Å². The van der Waals surface area contributed by atoms with Crippen molar-refractivity contribution in [3.8, 4) is 5.75 Å². The van der Waals surface area contributed by atoms with Gasteiger partial charge in [0.25, 0.3) is 0 Å². The van der Waals surface area contributed by atoms with Gasteiger partial charge in [-0.3, -0.25) is 0 Å². The molecule has 0 aliphatic carbocycles. The van der Waals surface area contributed by atoms with Gasteiger partial charge in [-0.25, -0.2) is 0 Å². The third-order valence-electron chi connectivity index (χ3n) is 2.73. The predicted octanol–water partition coefficient (Wildman–Crippen LogP) is 0.952. The van der Waals surface area contributed by atoms with E-state index < -0.39 is 0 Å². The Morgan fingerprint density at radius 2 is 2.16 bits per heavy atom. The Labute approximate surface area is 112 Å². The maximum atomic E-state index is 5.69. The fourth-order valence-corrected chi connectivity index (χ4v) is 1.67. The van der Waals surface area contributed by atoms with E-state index in [1.54, 1.807) is 4.80 Å². The van der Waals surface area contributed by atoms with Gasteiger partial charge in [-0.05, 0) is 36.7 Å². The van der Waals surface area contributed by atoms with E-state index in [0.717, 1.165) is 17.7 Å². The zero-order valence-corrected chi connectivity index (χ0v) is 11.1. The molecule has 0 atom stereocenters. The van der Waals surface area contributed by atoms with Crippen molar-refractivity contribution < 1.29 is 4.74 Å². The molecule has 2 rings (SSSR count). The number of hydrogen-bond donors (Lipinski definition) is 1. The molecule has 0 saturated heterocycles. The summed E-state index contributed by atoms with van der Waals surface area (Å²) in [6.07, 6.45) is 1.51. The first-order chi connectivity index (χ1) is 9.29. The lowest BCUT2D eigenvalue weighted by Crippen LogP contribution is -2.09. The Balaban J connectivity index is 1.79. The highest BCUT2D eigenvalue weighted by atomic mass is 16.5. The maximum Gasteiger partial charge on any atom is 0.178 e. The first-order valence-corrected chi connectivity index (χ1v) is 6.45. The molecule has 6 heteroatoms. The highest BCUT2D eigenvalue weighted by molar-refractivity contribution is 5.31. The molecule has 0 saturated carbocycles. The molecule has 2 N–H and O–H groups in total. The second kappa shape index (κ2) is 6.84. The van der Waals surface area contributed by atoms with Crippen LogP contribution in [0.1, 0.15) is 17.8 Å². The van der Waals surface area contributed by atoms with Gasteiger partial charge in [0.05, 0.1) is 13.2 Å². The maximum absolute atomic E-state index is 5.69. The highest BCUT2D eigenvalue weighted by Crippen LogP contribution is 2.16. The summed E-state index contributed by atoms with van der Waals surface area (Å²) in [6, 6.07) is 7.94. The minimum absolute atomic E-state index is 0.549. The molecular weight excluding hydrogens is 242 g/mol. The number of nitrogens with two attached hydrogens (primary N) is 1. The van der Waals surface area contributed by atoms with Gasteiger partial charge in [-0.1, -0.05) is 18.2 Å². The van der Waals surface area contributed by atoms with Crippen molar-refractivity contribution in [2.45, 2.75) is 26.3 Å². The molecule has 0 amide bonds. The fourth-order valence-electron chi connectivity index (χ4n) is 1.67. The Morgan fingerprint density at radius 3 is 2.95 bits per heavy atom. The lowest BCUT2D eigenvalue weighted by atomic mass is 10.2. The monoisotopic (exact) mass is 261 g/mol. The van der Waals surface area contributed by atoms with Gasteiger partial charge in [0, 0.05) is 6.42 Å². The average molecular weight is 261 g/mol. The Hall–Kier alpha value is -1.95. The summed E-state index contributed by atoms with van der Waals surface area (Å²) in [4.78, 5) is 1.58. The number of aryl methyl sites for hydroxylation is 2. The predicted molar refractivity (Wildman–Crippen MR) is 71.9 cm³/mol. The van der Waals surface area contributed by atoms with E-state index in [9.17, 15) is 0 Å². The summed E-state index contributed by atoms with van der Waals surface area (Å²) in [5.41, 5.74) is 6.56. The van der Waals surface area contributed by atoms with Crippen LogP contribution in [-0.4, -0.2) is 33.4 Å². The second-order valence-corrected chi connectivity index (χ2v) is 4.31. The zero-order chi connectivity index (χ0) is 13.5. The number of para-hydroxylation sites is 1. The lowest BCUT2D eigenvalue weighted by molar-refractivity contribution is 0.316. The number of tetrazole rings is 1. The molecule has 1 aromatic heterocycles. The first kappa shape index (κ1) is 13.5. The molecule has 1 heterocycles. The zero-order valence-electron chi connectivity index (χ0n) is 11.1. The van der Waals surface area contributed by atoms with Gasteiger partial charge in [-0.15, -0.1) is 10.2 Å². The topological polar surface area (TPSA) is 78.9 Å². The van der Waals surface area contributed by atoms with Crippen LogP contribution in [0.3, 0.4) is 0 Å². The van der Waals surface area contributed by atoms with E-state index in [2.05, 4.69) is 15.4 Å². The number of hydrogen-bond acceptors (Lipinski definition) is 5. The third kappa shape index (κ3) is 4.03. The molecule has 0 spiro atoms. The van der Waals surface area contributed by atoms with Gasteiger partial charge >= 0.3 is 0 Å². The van der Waals surface area contributed by atoms with E-state index in [0.29, 0.717) is 31.9 Å². The van der Waals surface area contributed by atoms with E-state index in [1.807, 2.05) is 31.2 Å². The van der Waals surface area contributed by atoms with Crippen molar-refractivity contribution in [2.75, 3.05) is 13.2 Å².